The summed E-state index contributed by atoms with van der Waals surface area (Å²) in [6.07, 6.45) is -3.45. The van der Waals surface area contributed by atoms with E-state index in [-0.39, 0.29) is 23.1 Å². The highest BCUT2D eigenvalue weighted by atomic mass is 19.4. The highest BCUT2D eigenvalue weighted by molar-refractivity contribution is 5.60. The topological polar surface area (TPSA) is 71.3 Å². The number of halogens is 5. The number of nitrogens with one attached hydrogen (secondary N) is 1. The van der Waals surface area contributed by atoms with Gasteiger partial charge >= 0.3 is 6.18 Å². The molecule has 0 unspecified atom stereocenters. The average molecular weight is 481 g/mol. The van der Waals surface area contributed by atoms with E-state index in [0.717, 1.165) is 28.9 Å². The molecule has 0 amide bonds. The van der Waals surface area contributed by atoms with Crippen molar-refractivity contribution in [1.29, 1.82) is 0 Å². The lowest BCUT2D eigenvalue weighted by Gasteiger charge is -2.43. The lowest BCUT2D eigenvalue weighted by atomic mass is 10.2. The van der Waals surface area contributed by atoms with Crippen molar-refractivity contribution in [1.82, 2.24) is 24.6 Å². The summed E-state index contributed by atoms with van der Waals surface area (Å²) in [5, 5.41) is 6.80. The molecule has 4 heterocycles. The van der Waals surface area contributed by atoms with Gasteiger partial charge in [-0.2, -0.15) is 18.2 Å². The molecule has 5 rings (SSSR count). The van der Waals surface area contributed by atoms with Crippen LogP contribution in [0, 0.1) is 11.6 Å². The fourth-order valence-electron chi connectivity index (χ4n) is 3.89. The molecule has 8 nitrogen and oxygen atoms in total. The van der Waals surface area contributed by atoms with Gasteiger partial charge in [-0.3, -0.25) is 4.90 Å². The summed E-state index contributed by atoms with van der Waals surface area (Å²) in [5.41, 5.74) is -0.872. The van der Waals surface area contributed by atoms with Gasteiger partial charge in [0.15, 0.2) is 0 Å². The molecular weight excluding hydrogens is 461 g/mol. The first-order chi connectivity index (χ1) is 16.2. The van der Waals surface area contributed by atoms with E-state index in [2.05, 4.69) is 25.3 Å². The van der Waals surface area contributed by atoms with Gasteiger partial charge in [0.05, 0.1) is 24.9 Å². The predicted molar refractivity (Wildman–Crippen MR) is 112 cm³/mol. The van der Waals surface area contributed by atoms with E-state index in [9.17, 15) is 22.0 Å². The molecule has 0 atom stereocenters. The first kappa shape index (κ1) is 22.5. The summed E-state index contributed by atoms with van der Waals surface area (Å²) in [7, 11) is 0. The molecule has 0 radical (unpaired) electrons. The minimum atomic E-state index is -4.65. The third-order valence-electron chi connectivity index (χ3n) is 5.74. The molecule has 13 heteroatoms. The van der Waals surface area contributed by atoms with Crippen LogP contribution in [-0.2, 0) is 10.9 Å². The van der Waals surface area contributed by atoms with Crippen LogP contribution >= 0.6 is 0 Å². The molecule has 0 bridgehead atoms. The number of aromatic nitrogens is 4. The fourth-order valence-corrected chi connectivity index (χ4v) is 3.89. The van der Waals surface area contributed by atoms with Crippen LogP contribution in [0.25, 0.3) is 5.69 Å². The molecule has 1 N–H and O–H groups in total. The number of anilines is 3. The Bertz CT molecular complexity index is 1150. The number of nitrogens with zero attached hydrogens (tertiary/aromatic N) is 6. The number of ether oxygens (including phenoxy) is 1. The van der Waals surface area contributed by atoms with Crippen LogP contribution < -0.4 is 10.2 Å². The van der Waals surface area contributed by atoms with Crippen molar-refractivity contribution in [2.75, 3.05) is 49.6 Å². The summed E-state index contributed by atoms with van der Waals surface area (Å²) in [6.45, 7) is 3.82. The molecule has 2 saturated heterocycles. The summed E-state index contributed by atoms with van der Waals surface area (Å²) in [4.78, 5) is 11.9. The second kappa shape index (κ2) is 8.80. The van der Waals surface area contributed by atoms with Gasteiger partial charge < -0.3 is 15.0 Å². The SMILES string of the molecule is Fc1cc(F)cc(-n2cnc(Nc3cc(N4CCN(C5COC5)CC4)nc(C(F)(F)F)c3)n2)c1. The van der Waals surface area contributed by atoms with Crippen molar-refractivity contribution in [3.05, 3.63) is 54.0 Å². The van der Waals surface area contributed by atoms with E-state index in [1.165, 1.54) is 12.4 Å². The van der Waals surface area contributed by atoms with Crippen LogP contribution in [0.5, 0.6) is 0 Å². The Labute approximate surface area is 191 Å². The maximum atomic E-state index is 13.5. The van der Waals surface area contributed by atoms with E-state index in [1.807, 2.05) is 0 Å². The van der Waals surface area contributed by atoms with Gasteiger partial charge in [0, 0.05) is 44.0 Å². The zero-order chi connectivity index (χ0) is 23.9. The lowest BCUT2D eigenvalue weighted by molar-refractivity contribution is -0.141. The first-order valence-corrected chi connectivity index (χ1v) is 10.6. The van der Waals surface area contributed by atoms with Crippen LogP contribution in [0.4, 0.5) is 39.4 Å². The number of hydrogen-bond donors (Lipinski definition) is 1. The molecule has 0 saturated carbocycles. The van der Waals surface area contributed by atoms with Crippen LogP contribution in [0.15, 0.2) is 36.7 Å². The Morgan fingerprint density at radius 1 is 0.941 bits per heavy atom. The second-order valence-electron chi connectivity index (χ2n) is 8.08. The number of piperazine rings is 1. The van der Waals surface area contributed by atoms with E-state index >= 15 is 0 Å². The molecule has 2 fully saturated rings. The van der Waals surface area contributed by atoms with Crippen LogP contribution in [0.2, 0.25) is 0 Å². The molecule has 2 aliphatic rings. The number of benzene rings is 1. The fraction of sp³-hybridized carbons (Fsp3) is 0.381. The van der Waals surface area contributed by atoms with Gasteiger partial charge in [0.25, 0.3) is 0 Å². The van der Waals surface area contributed by atoms with Crippen molar-refractivity contribution in [3.8, 4) is 5.69 Å². The Kier molecular flexibility index (Phi) is 5.81. The largest absolute Gasteiger partial charge is 0.433 e. The normalized spacial score (nSPS) is 17.6. The Morgan fingerprint density at radius 3 is 2.26 bits per heavy atom. The van der Waals surface area contributed by atoms with Gasteiger partial charge in [0.1, 0.15) is 29.5 Å². The number of rotatable bonds is 5. The minimum absolute atomic E-state index is 0.0373. The van der Waals surface area contributed by atoms with Gasteiger partial charge in [-0.25, -0.2) is 18.4 Å². The smallest absolute Gasteiger partial charge is 0.378 e. The molecule has 2 aromatic heterocycles. The van der Waals surface area contributed by atoms with Crippen molar-refractivity contribution in [2.24, 2.45) is 0 Å². The Hall–Kier alpha value is -3.32. The predicted octanol–water partition coefficient (Wildman–Crippen LogP) is 3.22. The van der Waals surface area contributed by atoms with Crippen LogP contribution in [0.3, 0.4) is 0 Å². The van der Waals surface area contributed by atoms with Crippen molar-refractivity contribution < 1.29 is 26.7 Å². The molecule has 180 valence electrons. The molecular formula is C21H20F5N7O. The van der Waals surface area contributed by atoms with Gasteiger partial charge in [-0.15, -0.1) is 5.10 Å². The van der Waals surface area contributed by atoms with Gasteiger partial charge in [-0.05, 0) is 18.2 Å². The van der Waals surface area contributed by atoms with Crippen LogP contribution in [-0.4, -0.2) is 70.1 Å². The van der Waals surface area contributed by atoms with Crippen molar-refractivity contribution >= 4 is 17.5 Å². The summed E-state index contributed by atoms with van der Waals surface area (Å²) < 4.78 is 73.9. The third kappa shape index (κ3) is 4.80. The van der Waals surface area contributed by atoms with Gasteiger partial charge in [0.2, 0.25) is 5.95 Å². The van der Waals surface area contributed by atoms with E-state index in [1.54, 1.807) is 4.90 Å². The molecule has 34 heavy (non-hydrogen) atoms. The number of pyridine rings is 1. The van der Waals surface area contributed by atoms with Crippen LogP contribution in [0.1, 0.15) is 5.69 Å². The van der Waals surface area contributed by atoms with E-state index in [4.69, 9.17) is 4.74 Å². The van der Waals surface area contributed by atoms with Crippen molar-refractivity contribution in [2.45, 2.75) is 12.2 Å². The zero-order valence-electron chi connectivity index (χ0n) is 17.8. The minimum Gasteiger partial charge on any atom is -0.378 e. The average Bonchev–Trinajstić information content (AvgIpc) is 3.20. The maximum Gasteiger partial charge on any atom is 0.433 e. The Balaban J connectivity index is 1.37. The second-order valence-corrected chi connectivity index (χ2v) is 8.08. The lowest BCUT2D eigenvalue weighted by Crippen LogP contribution is -2.56. The van der Waals surface area contributed by atoms with E-state index in [0.29, 0.717) is 45.4 Å². The van der Waals surface area contributed by atoms with Gasteiger partial charge in [-0.1, -0.05) is 0 Å². The zero-order valence-corrected chi connectivity index (χ0v) is 17.8. The summed E-state index contributed by atoms with van der Waals surface area (Å²) in [6, 6.07) is 5.57. The summed E-state index contributed by atoms with van der Waals surface area (Å²) >= 11 is 0. The standard InChI is InChI=1S/C21H20F5N7O/c22-13-5-14(23)7-16(6-13)33-12-27-20(30-33)28-15-8-18(21(24,25)26)29-19(9-15)32-3-1-31(2-4-32)17-10-34-11-17/h5-9,12,17H,1-4,10-11H2,(H,28,29,30). The molecule has 0 aliphatic carbocycles. The third-order valence-corrected chi connectivity index (χ3v) is 5.74. The quantitative estimate of drug-likeness (QED) is 0.561. The molecule has 2 aliphatic heterocycles. The highest BCUT2D eigenvalue weighted by Crippen LogP contribution is 2.33. The number of hydrogen-bond acceptors (Lipinski definition) is 7. The molecule has 0 spiro atoms. The van der Waals surface area contributed by atoms with E-state index < -0.39 is 23.5 Å². The Morgan fingerprint density at radius 2 is 1.65 bits per heavy atom. The molecule has 3 aromatic rings. The van der Waals surface area contributed by atoms with Crippen molar-refractivity contribution in [3.63, 3.8) is 0 Å². The first-order valence-electron chi connectivity index (χ1n) is 10.6. The monoisotopic (exact) mass is 481 g/mol. The number of alkyl halides is 3. The highest BCUT2D eigenvalue weighted by Gasteiger charge is 2.35. The molecule has 1 aromatic carbocycles. The summed E-state index contributed by atoms with van der Waals surface area (Å²) in [5.74, 6) is -1.43. The maximum absolute atomic E-state index is 13.5.